The zero-order chi connectivity index (χ0) is 10.9. The number of piperidine rings is 1. The maximum atomic E-state index is 9.81. The molecule has 2 fully saturated rings. The molecule has 0 aromatic carbocycles. The molecule has 0 amide bonds. The van der Waals surface area contributed by atoms with Gasteiger partial charge >= 0.3 is 0 Å². The first kappa shape index (κ1) is 14.2. The van der Waals surface area contributed by atoms with E-state index in [0.717, 1.165) is 6.54 Å². The Morgan fingerprint density at radius 3 is 2.44 bits per heavy atom. The van der Waals surface area contributed by atoms with Crippen LogP contribution in [0.3, 0.4) is 0 Å². The Kier molecular flexibility index (Phi) is 4.64. The third-order valence-corrected chi connectivity index (χ3v) is 3.79. The monoisotopic (exact) mass is 248 g/mol. The molecule has 2 aliphatic heterocycles. The first-order chi connectivity index (χ1) is 6.99. The molecule has 96 valence electrons. The highest BCUT2D eigenvalue weighted by molar-refractivity contribution is 5.85. The number of β-amino-alcohol motifs (C(OH)–C–C–N with tert-alkyl or cyclic N) is 1. The van der Waals surface area contributed by atoms with Gasteiger partial charge in [0, 0.05) is 13.1 Å². The molecule has 2 N–H and O–H groups in total. The van der Waals surface area contributed by atoms with Crippen molar-refractivity contribution in [1.29, 1.82) is 0 Å². The summed E-state index contributed by atoms with van der Waals surface area (Å²) in [6.07, 6.45) is 3.95. The van der Waals surface area contributed by atoms with Gasteiger partial charge in [-0.3, -0.25) is 4.90 Å². The fraction of sp³-hybridized carbons (Fsp3) is 1.00. The van der Waals surface area contributed by atoms with Gasteiger partial charge in [0.25, 0.3) is 0 Å². The Bertz CT molecular complexity index is 222. The van der Waals surface area contributed by atoms with Crippen LogP contribution in [0.2, 0.25) is 0 Å². The van der Waals surface area contributed by atoms with E-state index < -0.39 is 5.60 Å². The molecule has 2 heterocycles. The molecule has 0 aromatic heterocycles. The summed E-state index contributed by atoms with van der Waals surface area (Å²) in [5.74, 6) is 0. The van der Waals surface area contributed by atoms with Gasteiger partial charge in [0.2, 0.25) is 0 Å². The van der Waals surface area contributed by atoms with Gasteiger partial charge in [-0.15, -0.1) is 12.4 Å². The second-order valence-electron chi connectivity index (χ2n) is 6.02. The van der Waals surface area contributed by atoms with Crippen LogP contribution in [0.5, 0.6) is 0 Å². The minimum Gasteiger partial charge on any atom is -0.389 e. The second-order valence-corrected chi connectivity index (χ2v) is 6.02. The number of nitrogens with zero attached hydrogens (tertiary/aromatic N) is 1. The maximum Gasteiger partial charge on any atom is 0.0718 e. The summed E-state index contributed by atoms with van der Waals surface area (Å²) in [6, 6.07) is 0. The van der Waals surface area contributed by atoms with Crippen molar-refractivity contribution < 1.29 is 5.11 Å². The molecule has 2 rings (SSSR count). The number of rotatable bonds is 2. The average Bonchev–Trinajstić information content (AvgIpc) is 2.47. The summed E-state index contributed by atoms with van der Waals surface area (Å²) in [4.78, 5) is 2.44. The number of aliphatic hydroxyl groups is 1. The van der Waals surface area contributed by atoms with Crippen molar-refractivity contribution in [3.8, 4) is 0 Å². The summed E-state index contributed by atoms with van der Waals surface area (Å²) >= 11 is 0. The Morgan fingerprint density at radius 1 is 1.25 bits per heavy atom. The van der Waals surface area contributed by atoms with Crippen molar-refractivity contribution in [2.45, 2.75) is 38.7 Å². The zero-order valence-corrected chi connectivity index (χ0v) is 11.3. The van der Waals surface area contributed by atoms with Crippen molar-refractivity contribution in [2.24, 2.45) is 5.41 Å². The Balaban J connectivity index is 0.00000128. The van der Waals surface area contributed by atoms with Crippen molar-refractivity contribution >= 4 is 12.4 Å². The number of hydrogen-bond acceptors (Lipinski definition) is 3. The lowest BCUT2D eigenvalue weighted by Crippen LogP contribution is -2.41. The second kappa shape index (κ2) is 5.21. The summed E-state index contributed by atoms with van der Waals surface area (Å²) < 4.78 is 0. The largest absolute Gasteiger partial charge is 0.389 e. The van der Waals surface area contributed by atoms with Crippen LogP contribution in [-0.2, 0) is 0 Å². The molecule has 0 radical (unpaired) electrons. The summed E-state index contributed by atoms with van der Waals surface area (Å²) in [7, 11) is 0. The van der Waals surface area contributed by atoms with Crippen LogP contribution < -0.4 is 5.32 Å². The normalized spacial score (nSPS) is 25.7. The maximum absolute atomic E-state index is 9.81. The van der Waals surface area contributed by atoms with Crippen LogP contribution in [0.1, 0.15) is 33.1 Å². The van der Waals surface area contributed by atoms with Crippen LogP contribution >= 0.6 is 12.4 Å². The lowest BCUT2D eigenvalue weighted by molar-refractivity contribution is 0.0387. The quantitative estimate of drug-likeness (QED) is 0.772. The Morgan fingerprint density at radius 2 is 1.88 bits per heavy atom. The van der Waals surface area contributed by atoms with Gasteiger partial charge in [-0.1, -0.05) is 0 Å². The SMILES string of the molecule is CC(C)(O)CN1CCC2(CCNCC2)C1.Cl. The van der Waals surface area contributed by atoms with Gasteiger partial charge in [0.15, 0.2) is 0 Å². The van der Waals surface area contributed by atoms with Gasteiger partial charge in [0.05, 0.1) is 5.60 Å². The summed E-state index contributed by atoms with van der Waals surface area (Å²) in [6.45, 7) is 9.35. The van der Waals surface area contributed by atoms with Crippen molar-refractivity contribution in [3.05, 3.63) is 0 Å². The predicted octanol–water partition coefficient (Wildman–Crippen LogP) is 1.25. The minimum absolute atomic E-state index is 0. The predicted molar refractivity (Wildman–Crippen MR) is 69.1 cm³/mol. The van der Waals surface area contributed by atoms with E-state index in [1.807, 2.05) is 13.8 Å². The third kappa shape index (κ3) is 3.59. The lowest BCUT2D eigenvalue weighted by atomic mass is 9.78. The number of nitrogens with one attached hydrogen (secondary N) is 1. The van der Waals surface area contributed by atoms with E-state index in [-0.39, 0.29) is 12.4 Å². The molecule has 16 heavy (non-hydrogen) atoms. The zero-order valence-electron chi connectivity index (χ0n) is 10.5. The molecule has 1 spiro atoms. The summed E-state index contributed by atoms with van der Waals surface area (Å²) in [5, 5.41) is 13.2. The van der Waals surface area contributed by atoms with Crippen molar-refractivity contribution in [2.75, 3.05) is 32.7 Å². The number of halogens is 1. The van der Waals surface area contributed by atoms with Gasteiger partial charge in [-0.25, -0.2) is 0 Å². The Labute approximate surface area is 105 Å². The molecule has 0 aromatic rings. The molecule has 0 saturated carbocycles. The number of likely N-dealkylation sites (tertiary alicyclic amines) is 1. The van der Waals surface area contributed by atoms with Gasteiger partial charge in [-0.2, -0.15) is 0 Å². The van der Waals surface area contributed by atoms with E-state index in [4.69, 9.17) is 0 Å². The highest BCUT2D eigenvalue weighted by atomic mass is 35.5. The molecule has 0 unspecified atom stereocenters. The average molecular weight is 249 g/mol. The van der Waals surface area contributed by atoms with E-state index in [1.54, 1.807) is 0 Å². The van der Waals surface area contributed by atoms with E-state index in [1.165, 1.54) is 45.4 Å². The van der Waals surface area contributed by atoms with Crippen molar-refractivity contribution in [1.82, 2.24) is 10.2 Å². The fourth-order valence-corrected chi connectivity index (χ4v) is 3.08. The molecule has 4 heteroatoms. The molecule has 2 aliphatic rings. The molecule has 0 atom stereocenters. The highest BCUT2D eigenvalue weighted by Gasteiger charge is 2.39. The van der Waals surface area contributed by atoms with Crippen LogP contribution in [0.15, 0.2) is 0 Å². The minimum atomic E-state index is -0.543. The van der Waals surface area contributed by atoms with Crippen molar-refractivity contribution in [3.63, 3.8) is 0 Å². The first-order valence-electron chi connectivity index (χ1n) is 6.15. The topological polar surface area (TPSA) is 35.5 Å². The van der Waals surface area contributed by atoms with E-state index in [0.29, 0.717) is 5.41 Å². The first-order valence-corrected chi connectivity index (χ1v) is 6.15. The smallest absolute Gasteiger partial charge is 0.0718 e. The van der Waals surface area contributed by atoms with Gasteiger partial charge in [0.1, 0.15) is 0 Å². The molecular weight excluding hydrogens is 224 g/mol. The third-order valence-electron chi connectivity index (χ3n) is 3.79. The number of hydrogen-bond donors (Lipinski definition) is 2. The molecular formula is C12H25ClN2O. The van der Waals surface area contributed by atoms with Gasteiger partial charge in [-0.05, 0) is 58.2 Å². The van der Waals surface area contributed by atoms with E-state index in [2.05, 4.69) is 10.2 Å². The fourth-order valence-electron chi connectivity index (χ4n) is 3.08. The highest BCUT2D eigenvalue weighted by Crippen LogP contribution is 2.38. The van der Waals surface area contributed by atoms with Crippen LogP contribution in [0.4, 0.5) is 0 Å². The standard InChI is InChI=1S/C12H24N2O.ClH/c1-11(2,15)9-14-8-5-12(10-14)3-6-13-7-4-12;/h13,15H,3-10H2,1-2H3;1H. The van der Waals surface area contributed by atoms with Crippen LogP contribution in [-0.4, -0.2) is 48.3 Å². The molecule has 0 bridgehead atoms. The van der Waals surface area contributed by atoms with E-state index in [9.17, 15) is 5.11 Å². The van der Waals surface area contributed by atoms with E-state index >= 15 is 0 Å². The van der Waals surface area contributed by atoms with Crippen LogP contribution in [0, 0.1) is 5.41 Å². The van der Waals surface area contributed by atoms with Crippen LogP contribution in [0.25, 0.3) is 0 Å². The molecule has 2 saturated heterocycles. The summed E-state index contributed by atoms with van der Waals surface area (Å²) in [5.41, 5.74) is 0.0228. The molecule has 0 aliphatic carbocycles. The lowest BCUT2D eigenvalue weighted by Gasteiger charge is -2.34. The van der Waals surface area contributed by atoms with Gasteiger partial charge < -0.3 is 10.4 Å². The molecule has 3 nitrogen and oxygen atoms in total. The Hall–Kier alpha value is 0.170.